The van der Waals surface area contributed by atoms with Gasteiger partial charge in [-0.15, -0.1) is 11.3 Å². The maximum Gasteiger partial charge on any atom is 0.251 e. The molecule has 0 saturated carbocycles. The fraction of sp³-hybridized carbons (Fsp3) is 0.238. The highest BCUT2D eigenvalue weighted by molar-refractivity contribution is 7.89. The van der Waals surface area contributed by atoms with E-state index in [2.05, 4.69) is 15.0 Å². The Kier molecular flexibility index (Phi) is 7.20. The zero-order valence-electron chi connectivity index (χ0n) is 16.8. The van der Waals surface area contributed by atoms with E-state index >= 15 is 0 Å². The summed E-state index contributed by atoms with van der Waals surface area (Å²) in [4.78, 5) is 19.8. The number of benzene rings is 1. The first-order valence-electron chi connectivity index (χ1n) is 9.38. The van der Waals surface area contributed by atoms with Gasteiger partial charge in [0.15, 0.2) is 0 Å². The lowest BCUT2D eigenvalue weighted by Crippen LogP contribution is -2.26. The van der Waals surface area contributed by atoms with Gasteiger partial charge in [0.05, 0.1) is 4.90 Å². The molecule has 9 heteroatoms. The Balaban J connectivity index is 1.54. The monoisotopic (exact) mass is 444 g/mol. The second-order valence-corrected chi connectivity index (χ2v) is 9.65. The standard InChI is InChI=1S/C21H24N4O3S2/c1-25(2)20-10-5-16(14-22-20)15-23-21(26)17-6-8-19(9-7-17)30(27,28)24-12-11-18-4-3-13-29-18/h3-10,13-14,24H,11-12,15H2,1-2H3,(H,23,26). The van der Waals surface area contributed by atoms with E-state index in [0.717, 1.165) is 16.3 Å². The molecule has 0 fully saturated rings. The number of hydrogen-bond donors (Lipinski definition) is 2. The highest BCUT2D eigenvalue weighted by Gasteiger charge is 2.14. The van der Waals surface area contributed by atoms with Crippen molar-refractivity contribution in [2.45, 2.75) is 17.9 Å². The van der Waals surface area contributed by atoms with E-state index in [0.29, 0.717) is 25.1 Å². The fourth-order valence-electron chi connectivity index (χ4n) is 2.70. The van der Waals surface area contributed by atoms with E-state index in [1.54, 1.807) is 17.5 Å². The second kappa shape index (κ2) is 9.84. The highest BCUT2D eigenvalue weighted by Crippen LogP contribution is 2.13. The van der Waals surface area contributed by atoms with Crippen molar-refractivity contribution in [1.82, 2.24) is 15.0 Å². The van der Waals surface area contributed by atoms with Crippen molar-refractivity contribution >= 4 is 33.1 Å². The smallest absolute Gasteiger partial charge is 0.251 e. The normalized spacial score (nSPS) is 11.3. The van der Waals surface area contributed by atoms with E-state index in [-0.39, 0.29) is 10.8 Å². The number of nitrogens with zero attached hydrogens (tertiary/aromatic N) is 2. The van der Waals surface area contributed by atoms with Crippen LogP contribution < -0.4 is 14.9 Å². The number of hydrogen-bond acceptors (Lipinski definition) is 6. The number of anilines is 1. The summed E-state index contributed by atoms with van der Waals surface area (Å²) in [7, 11) is 0.208. The van der Waals surface area contributed by atoms with Gasteiger partial charge in [0.2, 0.25) is 10.0 Å². The van der Waals surface area contributed by atoms with Gasteiger partial charge in [0.25, 0.3) is 5.91 Å². The molecule has 2 aromatic heterocycles. The fourth-order valence-corrected chi connectivity index (χ4v) is 4.44. The Morgan fingerprint density at radius 3 is 2.47 bits per heavy atom. The molecule has 0 bridgehead atoms. The number of rotatable bonds is 9. The lowest BCUT2D eigenvalue weighted by atomic mass is 10.2. The average molecular weight is 445 g/mol. The first kappa shape index (κ1) is 21.9. The van der Waals surface area contributed by atoms with Crippen LogP contribution in [-0.2, 0) is 23.0 Å². The molecule has 0 atom stereocenters. The minimum atomic E-state index is -3.61. The molecule has 0 radical (unpaired) electrons. The van der Waals surface area contributed by atoms with Crippen LogP contribution in [0.5, 0.6) is 0 Å². The van der Waals surface area contributed by atoms with Gasteiger partial charge in [0, 0.05) is 43.8 Å². The third-order valence-corrected chi connectivity index (χ3v) is 6.80. The first-order valence-corrected chi connectivity index (χ1v) is 11.7. The minimum absolute atomic E-state index is 0.133. The molecule has 0 aliphatic rings. The molecule has 2 heterocycles. The molecule has 1 aromatic carbocycles. The average Bonchev–Trinajstić information content (AvgIpc) is 3.26. The quantitative estimate of drug-likeness (QED) is 0.529. The van der Waals surface area contributed by atoms with E-state index in [4.69, 9.17) is 0 Å². The predicted molar refractivity (Wildman–Crippen MR) is 119 cm³/mol. The number of carbonyl (C=O) groups is 1. The van der Waals surface area contributed by atoms with Gasteiger partial charge in [-0.05, 0) is 53.8 Å². The van der Waals surface area contributed by atoms with Crippen molar-refractivity contribution in [3.8, 4) is 0 Å². The lowest BCUT2D eigenvalue weighted by molar-refractivity contribution is 0.0951. The summed E-state index contributed by atoms with van der Waals surface area (Å²) in [5.74, 6) is 0.562. The van der Waals surface area contributed by atoms with E-state index in [1.165, 1.54) is 24.3 Å². The Morgan fingerprint density at radius 2 is 1.87 bits per heavy atom. The maximum atomic E-state index is 12.4. The third kappa shape index (κ3) is 5.88. The number of pyridine rings is 1. The molecule has 0 aliphatic carbocycles. The Bertz CT molecular complexity index is 1060. The number of aromatic nitrogens is 1. The predicted octanol–water partition coefficient (Wildman–Crippen LogP) is 2.66. The van der Waals surface area contributed by atoms with Gasteiger partial charge in [-0.25, -0.2) is 18.1 Å². The molecule has 3 aromatic rings. The molecule has 1 amide bonds. The molecule has 30 heavy (non-hydrogen) atoms. The Morgan fingerprint density at radius 1 is 1.10 bits per heavy atom. The topological polar surface area (TPSA) is 91.4 Å². The Hall–Kier alpha value is -2.75. The zero-order valence-corrected chi connectivity index (χ0v) is 18.5. The summed E-state index contributed by atoms with van der Waals surface area (Å²) in [6.07, 6.45) is 2.36. The summed E-state index contributed by atoms with van der Waals surface area (Å²) in [6.45, 7) is 0.662. The van der Waals surface area contributed by atoms with Crippen LogP contribution in [0.25, 0.3) is 0 Å². The zero-order chi connectivity index (χ0) is 21.6. The van der Waals surface area contributed by atoms with Crippen LogP contribution in [0.4, 0.5) is 5.82 Å². The first-order chi connectivity index (χ1) is 14.3. The number of amides is 1. The SMILES string of the molecule is CN(C)c1ccc(CNC(=O)c2ccc(S(=O)(=O)NCCc3cccs3)cc2)cn1. The molecule has 3 rings (SSSR count). The third-order valence-electron chi connectivity index (χ3n) is 4.39. The van der Waals surface area contributed by atoms with Crippen LogP contribution in [0.3, 0.4) is 0 Å². The van der Waals surface area contributed by atoms with Crippen LogP contribution in [-0.4, -0.2) is 39.9 Å². The van der Waals surface area contributed by atoms with Crippen LogP contribution in [0.1, 0.15) is 20.8 Å². The summed E-state index contributed by atoms with van der Waals surface area (Å²) < 4.78 is 27.4. The minimum Gasteiger partial charge on any atom is -0.363 e. The number of sulfonamides is 1. The molecule has 0 aliphatic heterocycles. The summed E-state index contributed by atoms with van der Waals surface area (Å²) in [5, 5.41) is 4.78. The number of nitrogens with one attached hydrogen (secondary N) is 2. The van der Waals surface area contributed by atoms with Crippen LogP contribution in [0, 0.1) is 0 Å². The summed E-state index contributed by atoms with van der Waals surface area (Å²) >= 11 is 1.59. The van der Waals surface area contributed by atoms with Gasteiger partial charge in [0.1, 0.15) is 5.82 Å². The highest BCUT2D eigenvalue weighted by atomic mass is 32.2. The molecular weight excluding hydrogens is 420 g/mol. The van der Waals surface area contributed by atoms with E-state index < -0.39 is 10.0 Å². The van der Waals surface area contributed by atoms with Crippen molar-refractivity contribution < 1.29 is 13.2 Å². The second-order valence-electron chi connectivity index (χ2n) is 6.85. The van der Waals surface area contributed by atoms with Gasteiger partial charge in [-0.2, -0.15) is 0 Å². The Labute approximate surface area is 180 Å². The molecular formula is C21H24N4O3S2. The van der Waals surface area contributed by atoms with E-state index in [1.807, 2.05) is 48.6 Å². The summed E-state index contributed by atoms with van der Waals surface area (Å²) in [6, 6.07) is 13.6. The van der Waals surface area contributed by atoms with Crippen molar-refractivity contribution in [2.24, 2.45) is 0 Å². The molecule has 0 spiro atoms. The van der Waals surface area contributed by atoms with Gasteiger partial charge < -0.3 is 10.2 Å². The molecule has 2 N–H and O–H groups in total. The van der Waals surface area contributed by atoms with Crippen molar-refractivity contribution in [1.29, 1.82) is 0 Å². The molecule has 7 nitrogen and oxygen atoms in total. The number of thiophene rings is 1. The molecule has 0 unspecified atom stereocenters. The van der Waals surface area contributed by atoms with Gasteiger partial charge >= 0.3 is 0 Å². The van der Waals surface area contributed by atoms with Gasteiger partial charge in [-0.1, -0.05) is 12.1 Å². The summed E-state index contributed by atoms with van der Waals surface area (Å²) in [5.41, 5.74) is 1.27. The van der Waals surface area contributed by atoms with E-state index in [9.17, 15) is 13.2 Å². The maximum absolute atomic E-state index is 12.4. The van der Waals surface area contributed by atoms with Crippen LogP contribution >= 0.6 is 11.3 Å². The number of carbonyl (C=O) groups excluding carboxylic acids is 1. The molecule has 0 saturated heterocycles. The largest absolute Gasteiger partial charge is 0.363 e. The van der Waals surface area contributed by atoms with Crippen LogP contribution in [0.2, 0.25) is 0 Å². The van der Waals surface area contributed by atoms with Crippen molar-refractivity contribution in [3.05, 3.63) is 76.1 Å². The lowest BCUT2D eigenvalue weighted by Gasteiger charge is -2.11. The molecule has 158 valence electrons. The van der Waals surface area contributed by atoms with Crippen molar-refractivity contribution in [3.63, 3.8) is 0 Å². The van der Waals surface area contributed by atoms with Crippen LogP contribution in [0.15, 0.2) is 65.0 Å². The van der Waals surface area contributed by atoms with Crippen molar-refractivity contribution in [2.75, 3.05) is 25.5 Å². The van der Waals surface area contributed by atoms with Gasteiger partial charge in [-0.3, -0.25) is 4.79 Å².